The molecule has 1 aliphatic heterocycles. The molecule has 0 fully saturated rings. The molecule has 0 amide bonds. The Labute approximate surface area is 219 Å². The maximum Gasteiger partial charge on any atom is 0.265 e. The van der Waals surface area contributed by atoms with E-state index < -0.39 is 10.1 Å². The molecule has 4 aromatic rings. The standard InChI is InChI=1S/C27H25ClN2O4S2/c1-3-18(13-26-29(2)22-15-19-7-4-5-8-20(19)16-24(22)34-26)14-27-30(11-6-12-36(31,32)33)23-17-21(28)9-10-25(23)35-27/h4-5,7-10,13-17H,3,6,11-12H2,1-2H3/p+1. The normalized spacial score (nSPS) is 15.2. The van der Waals surface area contributed by atoms with Crippen LogP contribution in [0.2, 0.25) is 5.02 Å². The lowest BCUT2D eigenvalue weighted by atomic mass is 10.1. The zero-order valence-electron chi connectivity index (χ0n) is 19.9. The lowest BCUT2D eigenvalue weighted by molar-refractivity contribution is -0.668. The first kappa shape index (κ1) is 24.8. The molecule has 3 aromatic carbocycles. The molecule has 1 aromatic heterocycles. The number of thiazole rings is 1. The number of fused-ring (bicyclic) bond motifs is 3. The van der Waals surface area contributed by atoms with Crippen LogP contribution in [0.5, 0.6) is 5.75 Å². The Hall–Kier alpha value is -2.91. The fourth-order valence-electron chi connectivity index (χ4n) is 4.36. The minimum Gasteiger partial charge on any atom is -0.439 e. The molecular weight excluding hydrogens is 516 g/mol. The number of aryl methyl sites for hydroxylation is 1. The largest absolute Gasteiger partial charge is 0.439 e. The minimum atomic E-state index is -4.03. The van der Waals surface area contributed by atoms with Crippen molar-refractivity contribution < 1.29 is 22.3 Å². The molecule has 1 aliphatic rings. The second kappa shape index (κ2) is 9.86. The quantitative estimate of drug-likeness (QED) is 0.215. The molecule has 2 heterocycles. The van der Waals surface area contributed by atoms with Crippen LogP contribution in [0.15, 0.2) is 72.1 Å². The molecule has 36 heavy (non-hydrogen) atoms. The molecule has 0 radical (unpaired) electrons. The van der Waals surface area contributed by atoms with E-state index in [1.807, 2.05) is 43.5 Å². The van der Waals surface area contributed by atoms with Crippen LogP contribution in [-0.4, -0.2) is 25.8 Å². The van der Waals surface area contributed by atoms with E-state index >= 15 is 0 Å². The van der Waals surface area contributed by atoms with Crippen molar-refractivity contribution in [3.8, 4) is 5.75 Å². The molecule has 9 heteroatoms. The highest BCUT2D eigenvalue weighted by Gasteiger charge is 2.25. The molecule has 1 N–H and O–H groups in total. The highest BCUT2D eigenvalue weighted by molar-refractivity contribution is 7.85. The minimum absolute atomic E-state index is 0.292. The Balaban J connectivity index is 1.50. The summed E-state index contributed by atoms with van der Waals surface area (Å²) in [4.78, 5) is 2.05. The number of halogens is 1. The summed E-state index contributed by atoms with van der Waals surface area (Å²) in [6, 6.07) is 18.1. The van der Waals surface area contributed by atoms with Crippen molar-refractivity contribution in [1.29, 1.82) is 0 Å². The van der Waals surface area contributed by atoms with Crippen LogP contribution < -0.4 is 14.2 Å². The summed E-state index contributed by atoms with van der Waals surface area (Å²) >= 11 is 7.87. The van der Waals surface area contributed by atoms with E-state index in [1.54, 1.807) is 11.3 Å². The smallest absolute Gasteiger partial charge is 0.265 e. The molecule has 0 saturated heterocycles. The lowest BCUT2D eigenvalue weighted by Gasteiger charge is -2.12. The van der Waals surface area contributed by atoms with Crippen LogP contribution in [0.1, 0.15) is 24.8 Å². The van der Waals surface area contributed by atoms with Gasteiger partial charge in [-0.15, -0.1) is 0 Å². The third kappa shape index (κ3) is 5.13. The first-order chi connectivity index (χ1) is 17.2. The number of benzene rings is 3. The van der Waals surface area contributed by atoms with Gasteiger partial charge in [-0.1, -0.05) is 54.1 Å². The fourth-order valence-corrected chi connectivity index (χ4v) is 6.16. The third-order valence-corrected chi connectivity index (χ3v) is 8.39. The van der Waals surface area contributed by atoms with E-state index in [1.165, 1.54) is 0 Å². The monoisotopic (exact) mass is 541 g/mol. The molecule has 186 valence electrons. The van der Waals surface area contributed by atoms with Gasteiger partial charge in [0.05, 0.1) is 11.4 Å². The number of aromatic nitrogens is 1. The number of anilines is 1. The molecule has 0 saturated carbocycles. The van der Waals surface area contributed by atoms with Gasteiger partial charge in [-0.3, -0.25) is 4.55 Å². The number of rotatable bonds is 7. The Morgan fingerprint density at radius 3 is 2.64 bits per heavy atom. The highest BCUT2D eigenvalue weighted by Crippen LogP contribution is 2.41. The van der Waals surface area contributed by atoms with Gasteiger partial charge in [0.1, 0.15) is 4.70 Å². The first-order valence-corrected chi connectivity index (χ1v) is 14.5. The van der Waals surface area contributed by atoms with Crippen LogP contribution >= 0.6 is 22.9 Å². The van der Waals surface area contributed by atoms with Crippen molar-refractivity contribution in [2.45, 2.75) is 26.3 Å². The van der Waals surface area contributed by atoms with Crippen LogP contribution in [0.4, 0.5) is 5.69 Å². The van der Waals surface area contributed by atoms with Gasteiger partial charge in [-0.05, 0) is 47.0 Å². The summed E-state index contributed by atoms with van der Waals surface area (Å²) in [7, 11) is -2.03. The van der Waals surface area contributed by atoms with Gasteiger partial charge in [0.25, 0.3) is 15.1 Å². The maximum atomic E-state index is 11.3. The van der Waals surface area contributed by atoms with E-state index in [9.17, 15) is 13.0 Å². The van der Waals surface area contributed by atoms with Gasteiger partial charge in [-0.2, -0.15) is 13.0 Å². The van der Waals surface area contributed by atoms with E-state index in [0.29, 0.717) is 18.0 Å². The summed E-state index contributed by atoms with van der Waals surface area (Å²) in [5.74, 6) is 1.28. The number of hydrogen-bond acceptors (Lipinski definition) is 5. The van der Waals surface area contributed by atoms with Gasteiger partial charge in [0.2, 0.25) is 11.4 Å². The average Bonchev–Trinajstić information content (AvgIpc) is 3.32. The van der Waals surface area contributed by atoms with Crippen molar-refractivity contribution in [3.63, 3.8) is 0 Å². The van der Waals surface area contributed by atoms with Crippen LogP contribution in [-0.2, 0) is 16.7 Å². The maximum absolute atomic E-state index is 11.3. The number of allylic oxidation sites excluding steroid dienone is 2. The molecule has 0 aliphatic carbocycles. The molecular formula is C27H26ClN2O4S2+. The molecule has 0 bridgehead atoms. The summed E-state index contributed by atoms with van der Waals surface area (Å²) in [6.45, 7) is 2.53. The van der Waals surface area contributed by atoms with Crippen molar-refractivity contribution >= 4 is 65.8 Å². The van der Waals surface area contributed by atoms with Gasteiger partial charge in [0.15, 0.2) is 12.3 Å². The Morgan fingerprint density at radius 1 is 1.17 bits per heavy atom. The zero-order chi connectivity index (χ0) is 25.4. The number of ether oxygens (including phenoxy) is 1. The average molecular weight is 542 g/mol. The van der Waals surface area contributed by atoms with E-state index in [0.717, 1.165) is 55.3 Å². The summed E-state index contributed by atoms with van der Waals surface area (Å²) in [6.07, 6.45) is 5.22. The summed E-state index contributed by atoms with van der Waals surface area (Å²) < 4.78 is 41.1. The van der Waals surface area contributed by atoms with E-state index in [-0.39, 0.29) is 5.75 Å². The van der Waals surface area contributed by atoms with E-state index in [2.05, 4.69) is 46.7 Å². The van der Waals surface area contributed by atoms with Crippen LogP contribution in [0.25, 0.3) is 27.1 Å². The topological polar surface area (TPSA) is 70.7 Å². The van der Waals surface area contributed by atoms with Crippen LogP contribution in [0, 0.1) is 0 Å². The van der Waals surface area contributed by atoms with Crippen LogP contribution in [0.3, 0.4) is 0 Å². The second-order valence-corrected chi connectivity index (χ2v) is 11.8. The molecule has 0 atom stereocenters. The van der Waals surface area contributed by atoms with Gasteiger partial charge < -0.3 is 9.64 Å². The number of hydrogen-bond donors (Lipinski definition) is 1. The van der Waals surface area contributed by atoms with Gasteiger partial charge >= 0.3 is 0 Å². The Morgan fingerprint density at radius 2 is 1.92 bits per heavy atom. The van der Waals surface area contributed by atoms with Gasteiger partial charge in [-0.25, -0.2) is 0 Å². The summed E-state index contributed by atoms with van der Waals surface area (Å²) in [5, 5.41) is 3.88. The van der Waals surface area contributed by atoms with Crippen molar-refractivity contribution in [2.24, 2.45) is 0 Å². The Kier molecular flexibility index (Phi) is 6.78. The second-order valence-electron chi connectivity index (χ2n) is 8.73. The fraction of sp³-hybridized carbons (Fsp3) is 0.222. The van der Waals surface area contributed by atoms with E-state index in [4.69, 9.17) is 16.3 Å². The van der Waals surface area contributed by atoms with Gasteiger partial charge in [0, 0.05) is 36.7 Å². The lowest BCUT2D eigenvalue weighted by Crippen LogP contribution is -2.36. The SMILES string of the molecule is CCC(=Cc1sc2ccc(Cl)cc2[n+]1CCCS(=O)(=O)O)C=C1Oc2cc3ccccc3cc2N1C. The number of nitrogens with zero attached hydrogens (tertiary/aromatic N) is 2. The zero-order valence-corrected chi connectivity index (χ0v) is 22.3. The Bertz CT molecular complexity index is 1640. The predicted octanol–water partition coefficient (Wildman–Crippen LogP) is 6.44. The predicted molar refractivity (Wildman–Crippen MR) is 147 cm³/mol. The molecule has 6 nitrogen and oxygen atoms in total. The summed E-state index contributed by atoms with van der Waals surface area (Å²) in [5.41, 5.74) is 3.02. The van der Waals surface area contributed by atoms with Crippen molar-refractivity contribution in [2.75, 3.05) is 17.7 Å². The van der Waals surface area contributed by atoms with Crippen molar-refractivity contribution in [1.82, 2.24) is 0 Å². The van der Waals surface area contributed by atoms with Crippen molar-refractivity contribution in [3.05, 3.63) is 82.2 Å². The third-order valence-electron chi connectivity index (χ3n) is 6.24. The highest BCUT2D eigenvalue weighted by atomic mass is 35.5. The molecule has 0 spiro atoms. The first-order valence-electron chi connectivity index (χ1n) is 11.7. The molecule has 0 unspecified atom stereocenters. The molecule has 5 rings (SSSR count).